The normalized spacial score (nSPS) is 13.9. The number of nitrogens with zero attached hydrogens (tertiary/aromatic N) is 2. The van der Waals surface area contributed by atoms with Crippen LogP contribution in [-0.4, -0.2) is 55.8 Å². The standard InChI is InChI=1S/C7H13N2.C2H4O3/c1-3-4-9-6-5-8(2)7-9;1-5-2(3)4/h3,7H,1,4-6H2,2H3;1H3,(H,3,4)/q+1;/p-1. The van der Waals surface area contributed by atoms with Gasteiger partial charge in [-0.25, -0.2) is 0 Å². The number of rotatable bonds is 2. The highest BCUT2D eigenvalue weighted by Gasteiger charge is 2.13. The van der Waals surface area contributed by atoms with E-state index in [1.54, 1.807) is 0 Å². The van der Waals surface area contributed by atoms with E-state index in [4.69, 9.17) is 9.90 Å². The van der Waals surface area contributed by atoms with E-state index in [9.17, 15) is 0 Å². The maximum Gasteiger partial charge on any atom is 0.251 e. The third-order valence-corrected chi connectivity index (χ3v) is 1.63. The van der Waals surface area contributed by atoms with Crippen molar-refractivity contribution < 1.29 is 19.2 Å². The van der Waals surface area contributed by atoms with Crippen LogP contribution in [0.5, 0.6) is 0 Å². The van der Waals surface area contributed by atoms with E-state index in [0.717, 1.165) is 26.7 Å². The second-order valence-electron chi connectivity index (χ2n) is 2.83. The molecule has 14 heavy (non-hydrogen) atoms. The van der Waals surface area contributed by atoms with Crippen LogP contribution < -0.4 is 5.11 Å². The second kappa shape index (κ2) is 6.94. The lowest BCUT2D eigenvalue weighted by atomic mass is 10.5. The van der Waals surface area contributed by atoms with Crippen LogP contribution in [0.2, 0.25) is 0 Å². The molecule has 1 heterocycles. The molecule has 0 spiro atoms. The topological polar surface area (TPSA) is 55.6 Å². The van der Waals surface area contributed by atoms with Gasteiger partial charge in [0.05, 0.1) is 7.05 Å². The first-order valence-corrected chi connectivity index (χ1v) is 4.25. The van der Waals surface area contributed by atoms with Crippen LogP contribution in [0.15, 0.2) is 12.7 Å². The fraction of sp³-hybridized carbons (Fsp3) is 0.556. The summed E-state index contributed by atoms with van der Waals surface area (Å²) in [7, 11) is 3.12. The van der Waals surface area contributed by atoms with Gasteiger partial charge in [-0.1, -0.05) is 12.7 Å². The van der Waals surface area contributed by atoms with Gasteiger partial charge in [0.2, 0.25) is 6.34 Å². The number of carbonyl (C=O) groups excluding carboxylic acids is 1. The van der Waals surface area contributed by atoms with Crippen LogP contribution in [0.4, 0.5) is 4.79 Å². The molecular formula is C9H16N2O3. The van der Waals surface area contributed by atoms with Gasteiger partial charge in [-0.3, -0.25) is 9.48 Å². The van der Waals surface area contributed by atoms with E-state index in [1.807, 2.05) is 6.08 Å². The maximum absolute atomic E-state index is 9.03. The van der Waals surface area contributed by atoms with Crippen molar-refractivity contribution in [2.24, 2.45) is 0 Å². The van der Waals surface area contributed by atoms with E-state index < -0.39 is 6.16 Å². The average Bonchev–Trinajstić information content (AvgIpc) is 2.53. The minimum atomic E-state index is -1.50. The smallest absolute Gasteiger partial charge is 0.251 e. The Kier molecular flexibility index (Phi) is 6.19. The molecule has 0 aromatic heterocycles. The molecule has 0 radical (unpaired) electrons. The van der Waals surface area contributed by atoms with E-state index in [2.05, 4.69) is 34.2 Å². The number of carboxylic acid groups (broad SMARTS) is 1. The molecule has 0 fully saturated rings. The third-order valence-electron chi connectivity index (χ3n) is 1.63. The van der Waals surface area contributed by atoms with Gasteiger partial charge in [-0.05, 0) is 0 Å². The molecule has 1 aliphatic rings. The van der Waals surface area contributed by atoms with Gasteiger partial charge >= 0.3 is 0 Å². The molecule has 0 amide bonds. The number of hydrogen-bond acceptors (Lipinski definition) is 4. The number of carbonyl (C=O) groups is 1. The van der Waals surface area contributed by atoms with Crippen molar-refractivity contribution in [1.29, 1.82) is 0 Å². The summed E-state index contributed by atoms with van der Waals surface area (Å²) in [6, 6.07) is 0. The Hall–Kier alpha value is -1.52. The van der Waals surface area contributed by atoms with Crippen LogP contribution >= 0.6 is 0 Å². The van der Waals surface area contributed by atoms with Gasteiger partial charge in [0.15, 0.2) is 0 Å². The number of likely N-dealkylation sites (N-methyl/N-ethyl adjacent to an activating group) is 1. The zero-order valence-corrected chi connectivity index (χ0v) is 8.60. The van der Waals surface area contributed by atoms with E-state index in [1.165, 1.54) is 0 Å². The van der Waals surface area contributed by atoms with Crippen LogP contribution in [-0.2, 0) is 4.74 Å². The zero-order valence-electron chi connectivity index (χ0n) is 8.60. The van der Waals surface area contributed by atoms with Crippen LogP contribution in [0.1, 0.15) is 0 Å². The fourth-order valence-electron chi connectivity index (χ4n) is 0.985. The predicted octanol–water partition coefficient (Wildman–Crippen LogP) is -0.865. The van der Waals surface area contributed by atoms with Gasteiger partial charge in [0.1, 0.15) is 19.6 Å². The Balaban J connectivity index is 0.000000292. The highest BCUT2D eigenvalue weighted by Crippen LogP contribution is 1.90. The summed E-state index contributed by atoms with van der Waals surface area (Å²) < 4.78 is 5.74. The summed E-state index contributed by atoms with van der Waals surface area (Å²) in [6.07, 6.45) is 2.56. The summed E-state index contributed by atoms with van der Waals surface area (Å²) in [5.41, 5.74) is 0. The highest BCUT2D eigenvalue weighted by atomic mass is 16.6. The predicted molar refractivity (Wildman–Crippen MR) is 51.3 cm³/mol. The molecule has 0 saturated heterocycles. The molecular weight excluding hydrogens is 184 g/mol. The molecule has 0 aromatic rings. The molecule has 0 saturated carbocycles. The Morgan fingerprint density at radius 3 is 2.71 bits per heavy atom. The molecule has 5 heteroatoms. The minimum absolute atomic E-state index is 0.977. The van der Waals surface area contributed by atoms with Crippen molar-refractivity contribution in [2.75, 3.05) is 33.8 Å². The SMILES string of the molecule is C=CCN1C=[N+](C)CC1.COC(=O)[O-]. The van der Waals surface area contributed by atoms with Crippen LogP contribution in [0, 0.1) is 0 Å². The molecule has 1 aliphatic heterocycles. The van der Waals surface area contributed by atoms with Gasteiger partial charge in [-0.15, -0.1) is 0 Å². The van der Waals surface area contributed by atoms with Gasteiger partial charge in [-0.2, -0.15) is 0 Å². The second-order valence-corrected chi connectivity index (χ2v) is 2.83. The van der Waals surface area contributed by atoms with Gasteiger partial charge in [0, 0.05) is 7.11 Å². The monoisotopic (exact) mass is 200 g/mol. The van der Waals surface area contributed by atoms with E-state index in [-0.39, 0.29) is 0 Å². The largest absolute Gasteiger partial charge is 0.553 e. The highest BCUT2D eigenvalue weighted by molar-refractivity contribution is 5.53. The molecule has 0 unspecified atom stereocenters. The first-order chi connectivity index (χ1) is 6.60. The summed E-state index contributed by atoms with van der Waals surface area (Å²) in [4.78, 5) is 11.3. The van der Waals surface area contributed by atoms with E-state index in [0.29, 0.717) is 0 Å². The Bertz CT molecular complexity index is 226. The lowest BCUT2D eigenvalue weighted by Crippen LogP contribution is -2.21. The van der Waals surface area contributed by atoms with E-state index >= 15 is 0 Å². The van der Waals surface area contributed by atoms with Crippen molar-refractivity contribution in [3.63, 3.8) is 0 Å². The fourth-order valence-corrected chi connectivity index (χ4v) is 0.985. The summed E-state index contributed by atoms with van der Waals surface area (Å²) in [6.45, 7) is 6.93. The molecule has 0 N–H and O–H groups in total. The first kappa shape index (κ1) is 12.5. The number of hydrogen-bond donors (Lipinski definition) is 0. The lowest BCUT2D eigenvalue weighted by molar-refractivity contribution is -0.482. The first-order valence-electron chi connectivity index (χ1n) is 4.25. The Labute approximate surface area is 83.9 Å². The van der Waals surface area contributed by atoms with Crippen LogP contribution in [0.25, 0.3) is 0 Å². The van der Waals surface area contributed by atoms with Crippen molar-refractivity contribution in [1.82, 2.24) is 4.90 Å². The molecule has 0 atom stereocenters. The van der Waals surface area contributed by atoms with Crippen LogP contribution in [0.3, 0.4) is 0 Å². The summed E-state index contributed by atoms with van der Waals surface area (Å²) in [5, 5.41) is 9.03. The number of ether oxygens (including phenoxy) is 1. The van der Waals surface area contributed by atoms with Crippen molar-refractivity contribution in [3.8, 4) is 0 Å². The lowest BCUT2D eigenvalue weighted by Gasteiger charge is -1.99. The summed E-state index contributed by atoms with van der Waals surface area (Å²) in [5.74, 6) is 0. The quantitative estimate of drug-likeness (QED) is 0.330. The molecule has 0 aliphatic carbocycles. The van der Waals surface area contributed by atoms with Gasteiger partial charge in [0.25, 0.3) is 6.16 Å². The maximum atomic E-state index is 9.03. The Morgan fingerprint density at radius 1 is 1.86 bits per heavy atom. The van der Waals surface area contributed by atoms with Crippen molar-refractivity contribution in [2.45, 2.75) is 0 Å². The number of methoxy groups -OCH3 is 1. The molecule has 0 aromatic carbocycles. The Morgan fingerprint density at radius 2 is 2.43 bits per heavy atom. The average molecular weight is 200 g/mol. The van der Waals surface area contributed by atoms with Crippen molar-refractivity contribution >= 4 is 12.5 Å². The summed E-state index contributed by atoms with van der Waals surface area (Å²) >= 11 is 0. The third kappa shape index (κ3) is 6.05. The molecule has 80 valence electrons. The minimum Gasteiger partial charge on any atom is -0.553 e. The molecule has 5 nitrogen and oxygen atoms in total. The van der Waals surface area contributed by atoms with Crippen molar-refractivity contribution in [3.05, 3.63) is 12.7 Å². The molecule has 1 rings (SSSR count). The van der Waals surface area contributed by atoms with Gasteiger partial charge < -0.3 is 14.6 Å². The molecule has 0 bridgehead atoms. The zero-order chi connectivity index (χ0) is 11.0.